The lowest BCUT2D eigenvalue weighted by Gasteiger charge is -2.07. The second kappa shape index (κ2) is 7.65. The second-order valence-corrected chi connectivity index (χ2v) is 3.51. The summed E-state index contributed by atoms with van der Waals surface area (Å²) in [6.07, 6.45) is 0.870. The predicted octanol–water partition coefficient (Wildman–Crippen LogP) is 1.15. The van der Waals surface area contributed by atoms with Crippen LogP contribution in [0.25, 0.3) is 0 Å². The normalized spacial score (nSPS) is 10.0. The summed E-state index contributed by atoms with van der Waals surface area (Å²) in [6, 6.07) is 7.34. The number of ether oxygens (including phenoxy) is 1. The van der Waals surface area contributed by atoms with Crippen LogP contribution in [0.2, 0.25) is 0 Å². The minimum Gasteiger partial charge on any atom is -0.447 e. The smallest absolute Gasteiger partial charge is 0.411 e. The average molecular weight is 239 g/mol. The molecule has 0 aromatic heterocycles. The van der Waals surface area contributed by atoms with Gasteiger partial charge in [-0.05, 0) is 30.5 Å². The van der Waals surface area contributed by atoms with Crippen LogP contribution in [-0.2, 0) is 11.2 Å². The number of carbonyl (C=O) groups excluding carboxylic acids is 1. The molecule has 0 aliphatic rings. The Morgan fingerprint density at radius 3 is 2.82 bits per heavy atom. The second-order valence-electron chi connectivity index (χ2n) is 3.51. The van der Waals surface area contributed by atoms with E-state index in [-0.39, 0.29) is 19.8 Å². The van der Waals surface area contributed by atoms with Crippen molar-refractivity contribution in [2.75, 3.05) is 25.1 Å². The fourth-order valence-electron chi connectivity index (χ4n) is 1.38. The molecule has 94 valence electrons. The van der Waals surface area contributed by atoms with E-state index in [1.54, 1.807) is 6.07 Å². The first-order valence-electron chi connectivity index (χ1n) is 5.50. The Morgan fingerprint density at radius 2 is 2.12 bits per heavy atom. The molecule has 0 aliphatic heterocycles. The number of amides is 1. The van der Waals surface area contributed by atoms with Crippen LogP contribution in [-0.4, -0.2) is 36.1 Å². The molecule has 0 saturated heterocycles. The maximum absolute atomic E-state index is 11.2. The van der Waals surface area contributed by atoms with Crippen molar-refractivity contribution in [3.05, 3.63) is 29.8 Å². The molecule has 0 saturated carbocycles. The molecule has 3 N–H and O–H groups in total. The quantitative estimate of drug-likeness (QED) is 0.696. The van der Waals surface area contributed by atoms with Crippen molar-refractivity contribution in [3.63, 3.8) is 0 Å². The fourth-order valence-corrected chi connectivity index (χ4v) is 1.38. The topological polar surface area (TPSA) is 78.8 Å². The Bertz CT molecular complexity index is 354. The zero-order chi connectivity index (χ0) is 12.5. The van der Waals surface area contributed by atoms with Crippen molar-refractivity contribution < 1.29 is 19.7 Å². The van der Waals surface area contributed by atoms with E-state index in [0.29, 0.717) is 12.1 Å². The third-order valence-corrected chi connectivity index (χ3v) is 2.12. The third-order valence-electron chi connectivity index (χ3n) is 2.12. The molecule has 1 rings (SSSR count). The molecule has 0 atom stereocenters. The van der Waals surface area contributed by atoms with Gasteiger partial charge >= 0.3 is 6.09 Å². The predicted molar refractivity (Wildman–Crippen MR) is 63.9 cm³/mol. The number of hydrogen-bond acceptors (Lipinski definition) is 4. The molecule has 0 heterocycles. The molecule has 0 unspecified atom stereocenters. The summed E-state index contributed by atoms with van der Waals surface area (Å²) < 4.78 is 4.68. The Hall–Kier alpha value is -1.59. The lowest BCUT2D eigenvalue weighted by molar-refractivity contribution is 0.131. The average Bonchev–Trinajstić information content (AvgIpc) is 2.34. The molecule has 0 aliphatic carbocycles. The summed E-state index contributed by atoms with van der Waals surface area (Å²) in [6.45, 7) is -0.0593. The number of carbonyl (C=O) groups is 1. The van der Waals surface area contributed by atoms with E-state index in [9.17, 15) is 4.79 Å². The summed E-state index contributed by atoms with van der Waals surface area (Å²) >= 11 is 0. The van der Waals surface area contributed by atoms with Crippen molar-refractivity contribution in [2.24, 2.45) is 0 Å². The van der Waals surface area contributed by atoms with Gasteiger partial charge in [0.2, 0.25) is 0 Å². The first-order valence-corrected chi connectivity index (χ1v) is 5.50. The van der Waals surface area contributed by atoms with E-state index in [1.807, 2.05) is 18.2 Å². The zero-order valence-corrected chi connectivity index (χ0v) is 9.56. The van der Waals surface area contributed by atoms with Gasteiger partial charge in [0.15, 0.2) is 0 Å². The molecule has 0 fully saturated rings. The number of hydrogen-bond donors (Lipinski definition) is 3. The van der Waals surface area contributed by atoms with Gasteiger partial charge in [-0.2, -0.15) is 0 Å². The van der Waals surface area contributed by atoms with Crippen molar-refractivity contribution in [1.29, 1.82) is 0 Å². The first kappa shape index (κ1) is 13.5. The molecule has 1 amide bonds. The maximum atomic E-state index is 11.2. The molecule has 5 heteroatoms. The van der Waals surface area contributed by atoms with Gasteiger partial charge in [-0.3, -0.25) is 5.32 Å². The zero-order valence-electron chi connectivity index (χ0n) is 9.56. The van der Waals surface area contributed by atoms with Gasteiger partial charge in [-0.25, -0.2) is 4.79 Å². The van der Waals surface area contributed by atoms with Crippen LogP contribution in [0.3, 0.4) is 0 Å². The molecule has 17 heavy (non-hydrogen) atoms. The van der Waals surface area contributed by atoms with Crippen LogP contribution >= 0.6 is 0 Å². The highest BCUT2D eigenvalue weighted by Crippen LogP contribution is 2.12. The van der Waals surface area contributed by atoms with Crippen LogP contribution in [0.5, 0.6) is 0 Å². The molecule has 0 bridgehead atoms. The fraction of sp³-hybridized carbons (Fsp3) is 0.417. The van der Waals surface area contributed by atoms with E-state index in [1.165, 1.54) is 0 Å². The SMILES string of the molecule is O=C(Nc1cccc(CCCO)c1)OCCO. The molecule has 0 spiro atoms. The summed E-state index contributed by atoms with van der Waals surface area (Å²) in [5.74, 6) is 0. The molecular formula is C12H17NO4. The molecule has 1 aromatic carbocycles. The highest BCUT2D eigenvalue weighted by molar-refractivity contribution is 5.84. The number of aliphatic hydroxyl groups excluding tert-OH is 2. The summed E-state index contributed by atoms with van der Waals surface area (Å²) in [4.78, 5) is 11.2. The number of aliphatic hydroxyl groups is 2. The van der Waals surface area contributed by atoms with Crippen LogP contribution in [0, 0.1) is 0 Å². The number of aryl methyl sites for hydroxylation is 1. The lowest BCUT2D eigenvalue weighted by atomic mass is 10.1. The van der Waals surface area contributed by atoms with E-state index in [4.69, 9.17) is 10.2 Å². The van der Waals surface area contributed by atoms with Gasteiger partial charge in [-0.15, -0.1) is 0 Å². The monoisotopic (exact) mass is 239 g/mol. The highest BCUT2D eigenvalue weighted by atomic mass is 16.6. The van der Waals surface area contributed by atoms with Crippen LogP contribution in [0.1, 0.15) is 12.0 Å². The Labute approximate surface area is 100 Å². The molecule has 0 radical (unpaired) electrons. The van der Waals surface area contributed by atoms with Gasteiger partial charge < -0.3 is 14.9 Å². The molecule has 1 aromatic rings. The van der Waals surface area contributed by atoms with E-state index in [2.05, 4.69) is 10.1 Å². The summed E-state index contributed by atoms with van der Waals surface area (Å²) in [5.41, 5.74) is 1.68. The number of benzene rings is 1. The van der Waals surface area contributed by atoms with Crippen molar-refractivity contribution in [2.45, 2.75) is 12.8 Å². The van der Waals surface area contributed by atoms with E-state index < -0.39 is 6.09 Å². The largest absolute Gasteiger partial charge is 0.447 e. The van der Waals surface area contributed by atoms with Gasteiger partial charge in [0, 0.05) is 12.3 Å². The van der Waals surface area contributed by atoms with Crippen molar-refractivity contribution in [3.8, 4) is 0 Å². The van der Waals surface area contributed by atoms with Crippen molar-refractivity contribution >= 4 is 11.8 Å². The number of rotatable bonds is 6. The van der Waals surface area contributed by atoms with E-state index >= 15 is 0 Å². The van der Waals surface area contributed by atoms with Gasteiger partial charge in [0.25, 0.3) is 0 Å². The van der Waals surface area contributed by atoms with Gasteiger partial charge in [0.05, 0.1) is 6.61 Å². The van der Waals surface area contributed by atoms with Crippen LogP contribution in [0.4, 0.5) is 10.5 Å². The molecular weight excluding hydrogens is 222 g/mol. The van der Waals surface area contributed by atoms with Gasteiger partial charge in [0.1, 0.15) is 6.61 Å². The standard InChI is InChI=1S/C12H17NO4/c14-6-2-4-10-3-1-5-11(9-10)13-12(16)17-8-7-15/h1,3,5,9,14-15H,2,4,6-8H2,(H,13,16). The molecule has 5 nitrogen and oxygen atoms in total. The Morgan fingerprint density at radius 1 is 1.29 bits per heavy atom. The van der Waals surface area contributed by atoms with Gasteiger partial charge in [-0.1, -0.05) is 12.1 Å². The van der Waals surface area contributed by atoms with Crippen LogP contribution in [0.15, 0.2) is 24.3 Å². The maximum Gasteiger partial charge on any atom is 0.411 e. The van der Waals surface area contributed by atoms with Crippen LogP contribution < -0.4 is 5.32 Å². The number of anilines is 1. The third kappa shape index (κ3) is 5.33. The lowest BCUT2D eigenvalue weighted by Crippen LogP contribution is -2.15. The number of nitrogens with one attached hydrogen (secondary N) is 1. The van der Waals surface area contributed by atoms with E-state index in [0.717, 1.165) is 12.0 Å². The minimum absolute atomic E-state index is 0.0178. The summed E-state index contributed by atoms with van der Waals surface area (Å²) in [7, 11) is 0. The van der Waals surface area contributed by atoms with Crippen molar-refractivity contribution in [1.82, 2.24) is 0 Å². The Balaban J connectivity index is 2.50. The Kier molecular flexibility index (Phi) is 6.06. The highest BCUT2D eigenvalue weighted by Gasteiger charge is 2.03. The summed E-state index contributed by atoms with van der Waals surface area (Å²) in [5, 5.41) is 19.8. The first-order chi connectivity index (χ1) is 8.26. The minimum atomic E-state index is -0.585.